The van der Waals surface area contributed by atoms with Crippen LogP contribution in [-0.4, -0.2) is 22.4 Å². The van der Waals surface area contributed by atoms with Gasteiger partial charge in [-0.3, -0.25) is 19.7 Å². The number of carbonyl (C=O) groups is 2. The van der Waals surface area contributed by atoms with E-state index in [1.807, 2.05) is 24.3 Å². The molecule has 0 atom stereocenters. The van der Waals surface area contributed by atoms with Crippen LogP contribution >= 0.6 is 0 Å². The number of hydrazone groups is 1. The van der Waals surface area contributed by atoms with Crippen LogP contribution in [0.15, 0.2) is 53.6 Å². The summed E-state index contributed by atoms with van der Waals surface area (Å²) in [6.07, 6.45) is 5.41. The van der Waals surface area contributed by atoms with E-state index >= 15 is 0 Å². The molecule has 1 aliphatic carbocycles. The van der Waals surface area contributed by atoms with Gasteiger partial charge in [0.2, 0.25) is 11.8 Å². The molecule has 3 rings (SSSR count). The van der Waals surface area contributed by atoms with Crippen molar-refractivity contribution >= 4 is 28.9 Å². The molecule has 1 saturated carbocycles. The molecule has 8 heteroatoms. The number of hydrogen-bond acceptors (Lipinski definition) is 5. The average molecular weight is 422 g/mol. The van der Waals surface area contributed by atoms with Gasteiger partial charge in [0.05, 0.1) is 17.1 Å². The Morgan fingerprint density at radius 1 is 1.03 bits per heavy atom. The number of nitro benzene ring substituents is 1. The van der Waals surface area contributed by atoms with E-state index in [1.54, 1.807) is 19.1 Å². The molecule has 0 spiro atoms. The quantitative estimate of drug-likeness (QED) is 0.395. The Morgan fingerprint density at radius 3 is 2.29 bits per heavy atom. The van der Waals surface area contributed by atoms with E-state index in [9.17, 15) is 19.7 Å². The highest BCUT2D eigenvalue weighted by molar-refractivity contribution is 6.00. The van der Waals surface area contributed by atoms with Gasteiger partial charge in [0, 0.05) is 23.7 Å². The summed E-state index contributed by atoms with van der Waals surface area (Å²) in [7, 11) is 0. The first-order valence-electron chi connectivity index (χ1n) is 10.4. The maximum atomic E-state index is 12.4. The standard InChI is InChI=1S/C23H26N4O4/c1-16(25-26-22(28)15-17-7-13-21(14-8-17)27(30)31)18-9-11-20(12-10-18)24-23(29)19-5-3-2-4-6-19/h7-14,19H,2-6,15H2,1H3,(H,24,29)(H,26,28)/b25-16-. The Kier molecular flexibility index (Phi) is 7.48. The Balaban J connectivity index is 1.51. The number of hydrogen-bond donors (Lipinski definition) is 2. The highest BCUT2D eigenvalue weighted by atomic mass is 16.6. The molecule has 31 heavy (non-hydrogen) atoms. The van der Waals surface area contributed by atoms with Gasteiger partial charge in [0.15, 0.2) is 0 Å². The van der Waals surface area contributed by atoms with E-state index in [0.29, 0.717) is 11.3 Å². The van der Waals surface area contributed by atoms with E-state index in [1.165, 1.54) is 18.6 Å². The third-order valence-electron chi connectivity index (χ3n) is 5.41. The lowest BCUT2D eigenvalue weighted by Crippen LogP contribution is -2.24. The molecule has 2 N–H and O–H groups in total. The van der Waals surface area contributed by atoms with Crippen molar-refractivity contribution in [2.75, 3.05) is 5.32 Å². The first kappa shape index (κ1) is 22.1. The summed E-state index contributed by atoms with van der Waals surface area (Å²) in [4.78, 5) is 34.6. The monoisotopic (exact) mass is 422 g/mol. The minimum atomic E-state index is -0.482. The van der Waals surface area contributed by atoms with Gasteiger partial charge in [-0.1, -0.05) is 43.5 Å². The smallest absolute Gasteiger partial charge is 0.269 e. The lowest BCUT2D eigenvalue weighted by Gasteiger charge is -2.20. The van der Waals surface area contributed by atoms with Gasteiger partial charge in [-0.15, -0.1) is 0 Å². The van der Waals surface area contributed by atoms with Gasteiger partial charge in [-0.2, -0.15) is 5.10 Å². The molecule has 0 saturated heterocycles. The topological polar surface area (TPSA) is 114 Å². The molecule has 2 aromatic rings. The second kappa shape index (κ2) is 10.5. The fourth-order valence-electron chi connectivity index (χ4n) is 3.58. The first-order chi connectivity index (χ1) is 14.9. The zero-order valence-electron chi connectivity index (χ0n) is 17.5. The van der Waals surface area contributed by atoms with Crippen molar-refractivity contribution in [1.82, 2.24) is 5.43 Å². The lowest BCUT2D eigenvalue weighted by atomic mass is 9.88. The highest BCUT2D eigenvalue weighted by Crippen LogP contribution is 2.25. The molecule has 1 fully saturated rings. The number of nitrogens with one attached hydrogen (secondary N) is 2. The van der Waals surface area contributed by atoms with Crippen molar-refractivity contribution in [3.05, 3.63) is 69.8 Å². The Morgan fingerprint density at radius 2 is 1.68 bits per heavy atom. The van der Waals surface area contributed by atoms with E-state index in [0.717, 1.165) is 36.9 Å². The first-order valence-corrected chi connectivity index (χ1v) is 10.4. The number of amides is 2. The van der Waals surface area contributed by atoms with Gasteiger partial charge in [0.1, 0.15) is 0 Å². The molecule has 2 aromatic carbocycles. The maximum absolute atomic E-state index is 12.4. The molecule has 8 nitrogen and oxygen atoms in total. The summed E-state index contributed by atoms with van der Waals surface area (Å²) in [6, 6.07) is 13.2. The molecule has 0 aliphatic heterocycles. The summed E-state index contributed by atoms with van der Waals surface area (Å²) in [5, 5.41) is 17.8. The van der Waals surface area contributed by atoms with Crippen LogP contribution < -0.4 is 10.7 Å². The highest BCUT2D eigenvalue weighted by Gasteiger charge is 2.21. The van der Waals surface area contributed by atoms with Crippen LogP contribution in [0.2, 0.25) is 0 Å². The summed E-state index contributed by atoms with van der Waals surface area (Å²) >= 11 is 0. The fourth-order valence-corrected chi connectivity index (χ4v) is 3.58. The molecule has 0 bridgehead atoms. The van der Waals surface area contributed by atoms with Crippen molar-refractivity contribution in [2.24, 2.45) is 11.0 Å². The summed E-state index contributed by atoms with van der Waals surface area (Å²) < 4.78 is 0. The molecule has 0 radical (unpaired) electrons. The number of carbonyl (C=O) groups excluding carboxylic acids is 2. The molecule has 1 aliphatic rings. The normalized spacial score (nSPS) is 14.7. The van der Waals surface area contributed by atoms with Crippen LogP contribution in [0.5, 0.6) is 0 Å². The molecule has 2 amide bonds. The van der Waals surface area contributed by atoms with Crippen LogP contribution in [0.25, 0.3) is 0 Å². The van der Waals surface area contributed by atoms with E-state index in [4.69, 9.17) is 0 Å². The van der Waals surface area contributed by atoms with Gasteiger partial charge in [-0.05, 0) is 43.0 Å². The number of rotatable bonds is 7. The Bertz CT molecular complexity index is 962. The van der Waals surface area contributed by atoms with Crippen molar-refractivity contribution in [3.8, 4) is 0 Å². The molecular formula is C23H26N4O4. The Hall–Kier alpha value is -3.55. The van der Waals surface area contributed by atoms with Crippen LogP contribution in [0.3, 0.4) is 0 Å². The zero-order valence-corrected chi connectivity index (χ0v) is 17.5. The zero-order chi connectivity index (χ0) is 22.2. The van der Waals surface area contributed by atoms with Crippen LogP contribution in [0.1, 0.15) is 50.2 Å². The van der Waals surface area contributed by atoms with Crippen LogP contribution in [0, 0.1) is 16.0 Å². The van der Waals surface area contributed by atoms with Gasteiger partial charge in [-0.25, -0.2) is 5.43 Å². The maximum Gasteiger partial charge on any atom is 0.269 e. The third kappa shape index (κ3) is 6.47. The third-order valence-corrected chi connectivity index (χ3v) is 5.41. The van der Waals surface area contributed by atoms with E-state index in [2.05, 4.69) is 15.8 Å². The van der Waals surface area contributed by atoms with E-state index < -0.39 is 4.92 Å². The van der Waals surface area contributed by atoms with E-state index in [-0.39, 0.29) is 29.8 Å². The fraction of sp³-hybridized carbons (Fsp3) is 0.348. The SMILES string of the molecule is C/C(=N/NC(=O)Cc1ccc([N+](=O)[O-])cc1)c1ccc(NC(=O)C2CCCCC2)cc1. The number of anilines is 1. The lowest BCUT2D eigenvalue weighted by molar-refractivity contribution is -0.384. The molecule has 0 aromatic heterocycles. The van der Waals surface area contributed by atoms with Crippen LogP contribution in [0.4, 0.5) is 11.4 Å². The van der Waals surface area contributed by atoms with Crippen molar-refractivity contribution in [3.63, 3.8) is 0 Å². The van der Waals surface area contributed by atoms with Crippen molar-refractivity contribution in [2.45, 2.75) is 45.4 Å². The predicted molar refractivity (Wildman–Crippen MR) is 119 cm³/mol. The second-order valence-corrected chi connectivity index (χ2v) is 7.73. The Labute approximate surface area is 180 Å². The van der Waals surface area contributed by atoms with Gasteiger partial charge < -0.3 is 5.32 Å². The summed E-state index contributed by atoms with van der Waals surface area (Å²) in [5.74, 6) is -0.136. The number of non-ortho nitro benzene ring substituents is 1. The van der Waals surface area contributed by atoms with Crippen LogP contribution in [-0.2, 0) is 16.0 Å². The minimum absolute atomic E-state index is 0.0172. The summed E-state index contributed by atoms with van der Waals surface area (Å²) in [6.45, 7) is 1.78. The average Bonchev–Trinajstić information content (AvgIpc) is 2.79. The molecular weight excluding hydrogens is 396 g/mol. The van der Waals surface area contributed by atoms with Gasteiger partial charge >= 0.3 is 0 Å². The minimum Gasteiger partial charge on any atom is -0.326 e. The molecule has 0 heterocycles. The van der Waals surface area contributed by atoms with Crippen molar-refractivity contribution < 1.29 is 14.5 Å². The predicted octanol–water partition coefficient (Wildman–Crippen LogP) is 4.20. The second-order valence-electron chi connectivity index (χ2n) is 7.73. The number of benzene rings is 2. The number of nitrogens with zero attached hydrogens (tertiary/aromatic N) is 2. The molecule has 0 unspecified atom stereocenters. The van der Waals surface area contributed by atoms with Crippen molar-refractivity contribution in [1.29, 1.82) is 0 Å². The summed E-state index contributed by atoms with van der Waals surface area (Å²) in [5.41, 5.74) is 5.34. The molecule has 162 valence electrons. The van der Waals surface area contributed by atoms with Gasteiger partial charge in [0.25, 0.3) is 5.69 Å². The largest absolute Gasteiger partial charge is 0.326 e. The number of nitro groups is 1.